The number of carbonyl (C=O) groups is 1. The Labute approximate surface area is 120 Å². The molecular formula is C14H13N3O4. The Hall–Kier alpha value is -2.70. The first-order valence-corrected chi connectivity index (χ1v) is 6.57. The Balaban J connectivity index is 1.83. The second-order valence-corrected chi connectivity index (χ2v) is 4.96. The van der Waals surface area contributed by atoms with Crippen molar-refractivity contribution in [3.8, 4) is 17.2 Å². The fourth-order valence-corrected chi connectivity index (χ4v) is 2.79. The Morgan fingerprint density at radius 1 is 1.38 bits per heavy atom. The minimum absolute atomic E-state index is 0.0478. The van der Waals surface area contributed by atoms with Crippen molar-refractivity contribution in [1.82, 2.24) is 10.2 Å². The molecule has 2 aliphatic heterocycles. The number of hydrogen-bond acceptors (Lipinski definition) is 5. The van der Waals surface area contributed by atoms with Crippen LogP contribution in [-0.2, 0) is 4.79 Å². The third kappa shape index (κ3) is 1.81. The largest absolute Gasteiger partial charge is 0.493 e. The van der Waals surface area contributed by atoms with Crippen LogP contribution in [0, 0.1) is 0 Å². The summed E-state index contributed by atoms with van der Waals surface area (Å²) in [4.78, 5) is 11.8. The van der Waals surface area contributed by atoms with Gasteiger partial charge in [-0.2, -0.15) is 5.10 Å². The Kier molecular flexibility index (Phi) is 2.53. The lowest BCUT2D eigenvalue weighted by Gasteiger charge is -2.23. The van der Waals surface area contributed by atoms with Crippen molar-refractivity contribution in [2.24, 2.45) is 0 Å². The summed E-state index contributed by atoms with van der Waals surface area (Å²) in [6, 6.07) is 3.78. The van der Waals surface area contributed by atoms with E-state index < -0.39 is 0 Å². The van der Waals surface area contributed by atoms with E-state index >= 15 is 0 Å². The van der Waals surface area contributed by atoms with Crippen molar-refractivity contribution in [2.75, 3.05) is 19.2 Å². The zero-order valence-corrected chi connectivity index (χ0v) is 11.3. The van der Waals surface area contributed by atoms with E-state index in [1.807, 2.05) is 12.1 Å². The van der Waals surface area contributed by atoms with Crippen LogP contribution < -0.4 is 19.5 Å². The molecule has 0 fully saturated rings. The SMILES string of the molecule is COc1cc(C2CC(=O)Nc3[nH]ncc32)cc2c1OCO2. The number of benzene rings is 1. The van der Waals surface area contributed by atoms with Gasteiger partial charge in [0, 0.05) is 17.9 Å². The predicted octanol–water partition coefficient (Wildman–Crippen LogP) is 1.62. The monoisotopic (exact) mass is 287 g/mol. The average molecular weight is 287 g/mol. The third-order valence-electron chi connectivity index (χ3n) is 3.78. The number of methoxy groups -OCH3 is 1. The number of nitrogens with one attached hydrogen (secondary N) is 2. The number of aromatic amines is 1. The van der Waals surface area contributed by atoms with Crippen LogP contribution in [0.4, 0.5) is 5.82 Å². The average Bonchev–Trinajstić information content (AvgIpc) is 3.13. The molecule has 1 aromatic carbocycles. The number of anilines is 1. The Morgan fingerprint density at radius 3 is 3.14 bits per heavy atom. The highest BCUT2D eigenvalue weighted by Gasteiger charge is 2.30. The molecule has 0 saturated heterocycles. The molecule has 1 atom stereocenters. The van der Waals surface area contributed by atoms with Crippen molar-refractivity contribution < 1.29 is 19.0 Å². The molecule has 7 heteroatoms. The van der Waals surface area contributed by atoms with Gasteiger partial charge < -0.3 is 19.5 Å². The zero-order chi connectivity index (χ0) is 14.4. The summed E-state index contributed by atoms with van der Waals surface area (Å²) in [7, 11) is 1.58. The maximum Gasteiger partial charge on any atom is 0.231 e. The first kappa shape index (κ1) is 12.1. The van der Waals surface area contributed by atoms with Gasteiger partial charge in [-0.15, -0.1) is 0 Å². The number of nitrogens with zero attached hydrogens (tertiary/aromatic N) is 1. The number of rotatable bonds is 2. The lowest BCUT2D eigenvalue weighted by molar-refractivity contribution is -0.116. The summed E-state index contributed by atoms with van der Waals surface area (Å²) in [5.41, 5.74) is 1.89. The molecule has 1 amide bonds. The highest BCUT2D eigenvalue weighted by Crippen LogP contribution is 2.46. The number of amides is 1. The number of ether oxygens (including phenoxy) is 3. The standard InChI is InChI=1S/C14H13N3O4/c1-19-10-2-7(3-11-13(10)21-6-20-11)8-4-12(18)16-14-9(8)5-15-17-14/h2-3,5,8H,4,6H2,1H3,(H2,15,16,17,18). The first-order chi connectivity index (χ1) is 10.3. The van der Waals surface area contributed by atoms with E-state index in [2.05, 4.69) is 15.5 Å². The van der Waals surface area contributed by atoms with Gasteiger partial charge in [0.1, 0.15) is 5.82 Å². The molecule has 0 aliphatic carbocycles. The summed E-state index contributed by atoms with van der Waals surface area (Å²) in [6.07, 6.45) is 2.09. The Bertz CT molecular complexity index is 725. The molecule has 1 unspecified atom stereocenters. The molecule has 0 saturated carbocycles. The summed E-state index contributed by atoms with van der Waals surface area (Å²) in [5, 5.41) is 9.58. The van der Waals surface area contributed by atoms with Crippen LogP contribution >= 0.6 is 0 Å². The second-order valence-electron chi connectivity index (χ2n) is 4.96. The van der Waals surface area contributed by atoms with E-state index in [-0.39, 0.29) is 18.6 Å². The topological polar surface area (TPSA) is 85.5 Å². The van der Waals surface area contributed by atoms with Gasteiger partial charge in [-0.3, -0.25) is 9.89 Å². The van der Waals surface area contributed by atoms with Gasteiger partial charge in [-0.05, 0) is 17.7 Å². The lowest BCUT2D eigenvalue weighted by atomic mass is 9.87. The molecule has 3 heterocycles. The number of fused-ring (bicyclic) bond motifs is 2. The molecule has 1 aromatic heterocycles. The number of H-pyrrole nitrogens is 1. The van der Waals surface area contributed by atoms with Crippen molar-refractivity contribution in [1.29, 1.82) is 0 Å². The van der Waals surface area contributed by atoms with Gasteiger partial charge in [0.15, 0.2) is 11.5 Å². The van der Waals surface area contributed by atoms with Crippen LogP contribution in [0.1, 0.15) is 23.5 Å². The van der Waals surface area contributed by atoms with Crippen molar-refractivity contribution in [2.45, 2.75) is 12.3 Å². The van der Waals surface area contributed by atoms with Crippen LogP contribution in [0.25, 0.3) is 0 Å². The van der Waals surface area contributed by atoms with E-state index in [0.717, 1.165) is 11.1 Å². The molecule has 0 radical (unpaired) electrons. The molecule has 21 heavy (non-hydrogen) atoms. The van der Waals surface area contributed by atoms with Crippen LogP contribution in [0.3, 0.4) is 0 Å². The van der Waals surface area contributed by atoms with E-state index in [4.69, 9.17) is 14.2 Å². The van der Waals surface area contributed by atoms with Gasteiger partial charge in [-0.1, -0.05) is 0 Å². The van der Waals surface area contributed by atoms with Gasteiger partial charge >= 0.3 is 0 Å². The third-order valence-corrected chi connectivity index (χ3v) is 3.78. The summed E-state index contributed by atoms with van der Waals surface area (Å²) in [6.45, 7) is 0.178. The molecule has 2 N–H and O–H groups in total. The predicted molar refractivity (Wildman–Crippen MR) is 72.8 cm³/mol. The van der Waals surface area contributed by atoms with E-state index in [1.165, 1.54) is 0 Å². The molecule has 4 rings (SSSR count). The van der Waals surface area contributed by atoms with Gasteiger partial charge in [0.25, 0.3) is 0 Å². The summed E-state index contributed by atoms with van der Waals surface area (Å²) >= 11 is 0. The molecule has 0 spiro atoms. The van der Waals surface area contributed by atoms with Crippen LogP contribution in [0.15, 0.2) is 18.3 Å². The van der Waals surface area contributed by atoms with Crippen LogP contribution in [-0.4, -0.2) is 30.0 Å². The van der Waals surface area contributed by atoms with Crippen molar-refractivity contribution in [3.63, 3.8) is 0 Å². The highest BCUT2D eigenvalue weighted by molar-refractivity contribution is 5.94. The number of hydrogen-bond donors (Lipinski definition) is 2. The smallest absolute Gasteiger partial charge is 0.231 e. The second kappa shape index (κ2) is 4.41. The van der Waals surface area contributed by atoms with E-state index in [9.17, 15) is 4.79 Å². The molecule has 2 aromatic rings. The van der Waals surface area contributed by atoms with E-state index in [0.29, 0.717) is 29.5 Å². The minimum Gasteiger partial charge on any atom is -0.493 e. The van der Waals surface area contributed by atoms with Gasteiger partial charge in [0.05, 0.1) is 13.3 Å². The lowest BCUT2D eigenvalue weighted by Crippen LogP contribution is -2.23. The number of aromatic nitrogens is 2. The van der Waals surface area contributed by atoms with Crippen molar-refractivity contribution >= 4 is 11.7 Å². The normalized spacial score (nSPS) is 19.1. The van der Waals surface area contributed by atoms with Crippen molar-refractivity contribution in [3.05, 3.63) is 29.5 Å². The van der Waals surface area contributed by atoms with Gasteiger partial charge in [-0.25, -0.2) is 0 Å². The maximum atomic E-state index is 11.8. The fourth-order valence-electron chi connectivity index (χ4n) is 2.79. The molecule has 0 bridgehead atoms. The van der Waals surface area contributed by atoms with Crippen LogP contribution in [0.2, 0.25) is 0 Å². The highest BCUT2D eigenvalue weighted by atomic mass is 16.7. The van der Waals surface area contributed by atoms with Crippen LogP contribution in [0.5, 0.6) is 17.2 Å². The molecular weight excluding hydrogens is 274 g/mol. The van der Waals surface area contributed by atoms with Gasteiger partial charge in [0.2, 0.25) is 18.4 Å². The summed E-state index contributed by atoms with van der Waals surface area (Å²) in [5.74, 6) is 2.36. The zero-order valence-electron chi connectivity index (χ0n) is 11.3. The molecule has 2 aliphatic rings. The molecule has 7 nitrogen and oxygen atoms in total. The summed E-state index contributed by atoms with van der Waals surface area (Å²) < 4.78 is 16.2. The quantitative estimate of drug-likeness (QED) is 0.876. The first-order valence-electron chi connectivity index (χ1n) is 6.57. The Morgan fingerprint density at radius 2 is 2.29 bits per heavy atom. The van der Waals surface area contributed by atoms with E-state index in [1.54, 1.807) is 13.3 Å². The maximum absolute atomic E-state index is 11.8. The number of carbonyl (C=O) groups excluding carboxylic acids is 1. The fraction of sp³-hybridized carbons (Fsp3) is 0.286. The molecule has 108 valence electrons. The minimum atomic E-state index is -0.0871.